The molecule has 1 aromatic rings. The number of hydrazine groups is 1. The summed E-state index contributed by atoms with van der Waals surface area (Å²) in [6.07, 6.45) is 0. The van der Waals surface area contributed by atoms with Crippen molar-refractivity contribution < 1.29 is 4.74 Å². The summed E-state index contributed by atoms with van der Waals surface area (Å²) in [4.78, 5) is 0. The van der Waals surface area contributed by atoms with Crippen LogP contribution in [0.3, 0.4) is 0 Å². The largest absolute Gasteiger partial charge is 0.496 e. The van der Waals surface area contributed by atoms with Gasteiger partial charge in [0.2, 0.25) is 0 Å². The standard InChI is InChI=1S/C15H27N3O/c1-10-7-11(2)13(14(19-6)12(10)3)15(4,5)8-17-9-18-16/h7,17-18H,8-9,16H2,1-6H3. The van der Waals surface area contributed by atoms with E-state index >= 15 is 0 Å². The number of nitrogens with one attached hydrogen (secondary N) is 2. The Morgan fingerprint density at radius 3 is 2.37 bits per heavy atom. The molecule has 0 atom stereocenters. The van der Waals surface area contributed by atoms with Crippen LogP contribution in [0.5, 0.6) is 5.75 Å². The zero-order valence-corrected chi connectivity index (χ0v) is 13.0. The lowest BCUT2D eigenvalue weighted by Gasteiger charge is -2.31. The summed E-state index contributed by atoms with van der Waals surface area (Å²) in [6.45, 7) is 12.2. The number of ether oxygens (including phenoxy) is 1. The van der Waals surface area contributed by atoms with Crippen LogP contribution in [0.25, 0.3) is 0 Å². The van der Waals surface area contributed by atoms with Crippen LogP contribution in [0.2, 0.25) is 0 Å². The van der Waals surface area contributed by atoms with Gasteiger partial charge in [0.15, 0.2) is 0 Å². The normalized spacial score (nSPS) is 11.7. The molecule has 4 heteroatoms. The van der Waals surface area contributed by atoms with Crippen molar-refractivity contribution >= 4 is 0 Å². The van der Waals surface area contributed by atoms with E-state index in [0.717, 1.165) is 12.3 Å². The molecule has 0 spiro atoms. The molecule has 4 N–H and O–H groups in total. The van der Waals surface area contributed by atoms with Gasteiger partial charge in [0, 0.05) is 17.5 Å². The first kappa shape index (κ1) is 16.0. The van der Waals surface area contributed by atoms with Gasteiger partial charge in [-0.2, -0.15) is 0 Å². The third kappa shape index (κ3) is 3.47. The van der Waals surface area contributed by atoms with Crippen molar-refractivity contribution in [2.24, 2.45) is 5.84 Å². The van der Waals surface area contributed by atoms with E-state index in [1.807, 2.05) is 0 Å². The molecule has 1 rings (SSSR count). The van der Waals surface area contributed by atoms with Crippen LogP contribution in [0, 0.1) is 20.8 Å². The van der Waals surface area contributed by atoms with Crippen LogP contribution in [0.4, 0.5) is 0 Å². The van der Waals surface area contributed by atoms with Gasteiger partial charge in [0.1, 0.15) is 5.75 Å². The first-order valence-corrected chi connectivity index (χ1v) is 6.64. The van der Waals surface area contributed by atoms with Gasteiger partial charge in [-0.1, -0.05) is 19.9 Å². The van der Waals surface area contributed by atoms with E-state index in [-0.39, 0.29) is 5.41 Å². The first-order valence-electron chi connectivity index (χ1n) is 6.64. The zero-order chi connectivity index (χ0) is 14.6. The van der Waals surface area contributed by atoms with Gasteiger partial charge >= 0.3 is 0 Å². The molecule has 0 fully saturated rings. The third-order valence-corrected chi connectivity index (χ3v) is 3.66. The maximum atomic E-state index is 5.66. The molecule has 0 aliphatic heterocycles. The van der Waals surface area contributed by atoms with Crippen molar-refractivity contribution in [3.05, 3.63) is 28.3 Å². The van der Waals surface area contributed by atoms with Crippen molar-refractivity contribution in [1.29, 1.82) is 0 Å². The quantitative estimate of drug-likeness (QED) is 0.318. The molecule has 0 saturated carbocycles. The Morgan fingerprint density at radius 2 is 1.84 bits per heavy atom. The molecule has 108 valence electrons. The molecule has 0 bridgehead atoms. The van der Waals surface area contributed by atoms with Crippen LogP contribution in [0.15, 0.2) is 6.07 Å². The fourth-order valence-corrected chi connectivity index (χ4v) is 2.68. The molecule has 0 aromatic heterocycles. The number of methoxy groups -OCH3 is 1. The molecule has 1 aromatic carbocycles. The van der Waals surface area contributed by atoms with Crippen LogP contribution in [-0.4, -0.2) is 20.3 Å². The molecular formula is C15H27N3O. The summed E-state index contributed by atoms with van der Waals surface area (Å²) in [5.41, 5.74) is 7.61. The van der Waals surface area contributed by atoms with Crippen LogP contribution < -0.4 is 21.3 Å². The van der Waals surface area contributed by atoms with E-state index in [1.54, 1.807) is 7.11 Å². The van der Waals surface area contributed by atoms with E-state index in [4.69, 9.17) is 10.6 Å². The Hall–Kier alpha value is -1.10. The number of hydrogen-bond donors (Lipinski definition) is 3. The molecule has 0 aliphatic carbocycles. The average molecular weight is 265 g/mol. The van der Waals surface area contributed by atoms with Crippen molar-refractivity contribution in [3.8, 4) is 5.75 Å². The number of aryl methyl sites for hydroxylation is 2. The van der Waals surface area contributed by atoms with E-state index in [0.29, 0.717) is 6.67 Å². The van der Waals surface area contributed by atoms with Gasteiger partial charge in [-0.25, -0.2) is 5.43 Å². The maximum Gasteiger partial charge on any atom is 0.126 e. The summed E-state index contributed by atoms with van der Waals surface area (Å²) < 4.78 is 5.66. The van der Waals surface area contributed by atoms with Gasteiger partial charge in [-0.05, 0) is 37.5 Å². The van der Waals surface area contributed by atoms with Crippen molar-refractivity contribution in [1.82, 2.24) is 10.7 Å². The minimum atomic E-state index is -0.0231. The molecule has 0 heterocycles. The Kier molecular flexibility index (Phi) is 5.35. The van der Waals surface area contributed by atoms with Crippen LogP contribution >= 0.6 is 0 Å². The fraction of sp³-hybridized carbons (Fsp3) is 0.600. The minimum absolute atomic E-state index is 0.0231. The highest BCUT2D eigenvalue weighted by Gasteiger charge is 2.27. The van der Waals surface area contributed by atoms with Gasteiger partial charge in [-0.3, -0.25) is 5.84 Å². The topological polar surface area (TPSA) is 59.3 Å². The molecule has 4 nitrogen and oxygen atoms in total. The highest BCUT2D eigenvalue weighted by Crippen LogP contribution is 2.37. The molecular weight excluding hydrogens is 238 g/mol. The molecule has 0 amide bonds. The second-order valence-corrected chi connectivity index (χ2v) is 5.74. The Morgan fingerprint density at radius 1 is 1.21 bits per heavy atom. The molecule has 0 radical (unpaired) electrons. The average Bonchev–Trinajstić information content (AvgIpc) is 2.33. The predicted octanol–water partition coefficient (Wildman–Crippen LogP) is 1.91. The van der Waals surface area contributed by atoms with E-state index < -0.39 is 0 Å². The summed E-state index contributed by atoms with van der Waals surface area (Å²) >= 11 is 0. The number of benzene rings is 1. The van der Waals surface area contributed by atoms with Gasteiger partial charge < -0.3 is 10.1 Å². The summed E-state index contributed by atoms with van der Waals surface area (Å²) in [5, 5.41) is 3.29. The van der Waals surface area contributed by atoms with E-state index in [1.165, 1.54) is 22.3 Å². The monoisotopic (exact) mass is 265 g/mol. The predicted molar refractivity (Wildman–Crippen MR) is 80.4 cm³/mol. The fourth-order valence-electron chi connectivity index (χ4n) is 2.68. The molecule has 0 unspecified atom stereocenters. The number of nitrogens with two attached hydrogens (primary N) is 1. The van der Waals surface area contributed by atoms with Crippen LogP contribution in [0.1, 0.15) is 36.1 Å². The molecule has 0 saturated heterocycles. The lowest BCUT2D eigenvalue weighted by Crippen LogP contribution is -2.41. The van der Waals surface area contributed by atoms with Gasteiger partial charge in [0.25, 0.3) is 0 Å². The maximum absolute atomic E-state index is 5.66. The van der Waals surface area contributed by atoms with Gasteiger partial charge in [-0.15, -0.1) is 0 Å². The number of hydrogen-bond acceptors (Lipinski definition) is 4. The lowest BCUT2D eigenvalue weighted by molar-refractivity contribution is 0.379. The third-order valence-electron chi connectivity index (χ3n) is 3.66. The SMILES string of the molecule is COc1c(C)c(C)cc(C)c1C(C)(C)CNCNN. The Balaban J connectivity index is 3.21. The van der Waals surface area contributed by atoms with Crippen molar-refractivity contribution in [2.75, 3.05) is 20.3 Å². The Bertz CT molecular complexity index is 442. The van der Waals surface area contributed by atoms with Crippen molar-refractivity contribution in [2.45, 2.75) is 40.0 Å². The minimum Gasteiger partial charge on any atom is -0.496 e. The van der Waals surface area contributed by atoms with Crippen molar-refractivity contribution in [3.63, 3.8) is 0 Å². The highest BCUT2D eigenvalue weighted by molar-refractivity contribution is 5.53. The molecule has 0 aliphatic rings. The lowest BCUT2D eigenvalue weighted by atomic mass is 9.79. The highest BCUT2D eigenvalue weighted by atomic mass is 16.5. The first-order chi connectivity index (χ1) is 8.85. The van der Waals surface area contributed by atoms with Gasteiger partial charge in [0.05, 0.1) is 13.8 Å². The summed E-state index contributed by atoms with van der Waals surface area (Å²) in [6, 6.07) is 2.23. The van der Waals surface area contributed by atoms with E-state index in [2.05, 4.69) is 51.4 Å². The molecule has 19 heavy (non-hydrogen) atoms. The summed E-state index contributed by atoms with van der Waals surface area (Å²) in [7, 11) is 1.75. The summed E-state index contributed by atoms with van der Waals surface area (Å²) in [5.74, 6) is 6.29. The smallest absolute Gasteiger partial charge is 0.126 e. The van der Waals surface area contributed by atoms with Crippen LogP contribution in [-0.2, 0) is 5.41 Å². The second kappa shape index (κ2) is 6.37. The Labute approximate surface area is 116 Å². The van der Waals surface area contributed by atoms with E-state index in [9.17, 15) is 0 Å². The number of rotatable bonds is 6. The zero-order valence-electron chi connectivity index (χ0n) is 13.0. The second-order valence-electron chi connectivity index (χ2n) is 5.74.